The number of carbonyl (C=O) groups excluding carboxylic acids is 3. The molecule has 148 valence electrons. The molecule has 0 unspecified atom stereocenters. The molecule has 0 fully saturated rings. The molecule has 0 aliphatic carbocycles. The monoisotopic (exact) mass is 386 g/mol. The van der Waals surface area contributed by atoms with Crippen LogP contribution in [0.15, 0.2) is 47.0 Å². The summed E-state index contributed by atoms with van der Waals surface area (Å²) in [5.41, 5.74) is 4.61. The number of para-hydroxylation sites is 1. The van der Waals surface area contributed by atoms with Crippen LogP contribution < -0.4 is 15.8 Å². The molecule has 0 aromatic heterocycles. The Labute approximate surface area is 162 Å². The van der Waals surface area contributed by atoms with Crippen LogP contribution in [0.5, 0.6) is 5.75 Å². The molecule has 8 nitrogen and oxygen atoms in total. The number of esters is 2. The Balaban J connectivity index is 2.35. The van der Waals surface area contributed by atoms with Crippen molar-refractivity contribution >= 4 is 17.8 Å². The van der Waals surface area contributed by atoms with Gasteiger partial charge in [0.05, 0.1) is 18.3 Å². The molecule has 2 aliphatic rings. The second kappa shape index (κ2) is 7.03. The van der Waals surface area contributed by atoms with Gasteiger partial charge in [0, 0.05) is 11.3 Å². The van der Waals surface area contributed by atoms with Crippen LogP contribution in [0.2, 0.25) is 0 Å². The lowest BCUT2D eigenvalue weighted by molar-refractivity contribution is -0.145. The molecule has 0 saturated carbocycles. The number of amides is 1. The molecule has 2 aliphatic heterocycles. The van der Waals surface area contributed by atoms with E-state index in [4.69, 9.17) is 19.9 Å². The van der Waals surface area contributed by atoms with E-state index >= 15 is 0 Å². The summed E-state index contributed by atoms with van der Waals surface area (Å²) in [4.78, 5) is 39.1. The summed E-state index contributed by atoms with van der Waals surface area (Å²) < 4.78 is 16.1. The smallest absolute Gasteiger partial charge is 0.341 e. The molecule has 1 aromatic carbocycles. The zero-order chi connectivity index (χ0) is 20.6. The highest BCUT2D eigenvalue weighted by atomic mass is 16.5. The third-order valence-corrected chi connectivity index (χ3v) is 4.55. The molecular formula is C20H22N2O6. The molecule has 3 rings (SSSR count). The number of nitrogens with two attached hydrogens (primary N) is 1. The van der Waals surface area contributed by atoms with E-state index in [-0.39, 0.29) is 35.1 Å². The predicted octanol–water partition coefficient (Wildman–Crippen LogP) is 1.41. The number of hydrogen-bond donors (Lipinski definition) is 2. The maximum absolute atomic E-state index is 13.3. The van der Waals surface area contributed by atoms with Crippen molar-refractivity contribution < 1.29 is 28.6 Å². The van der Waals surface area contributed by atoms with Crippen molar-refractivity contribution in [2.45, 2.75) is 39.2 Å². The first-order chi connectivity index (χ1) is 13.2. The van der Waals surface area contributed by atoms with Gasteiger partial charge in [-0.2, -0.15) is 0 Å². The van der Waals surface area contributed by atoms with Gasteiger partial charge in [-0.05, 0) is 33.8 Å². The molecule has 0 radical (unpaired) electrons. The van der Waals surface area contributed by atoms with Gasteiger partial charge in [0.1, 0.15) is 16.7 Å². The van der Waals surface area contributed by atoms with Gasteiger partial charge >= 0.3 is 11.9 Å². The highest BCUT2D eigenvalue weighted by molar-refractivity contribution is 6.17. The summed E-state index contributed by atoms with van der Waals surface area (Å²) >= 11 is 0. The van der Waals surface area contributed by atoms with Gasteiger partial charge in [0.15, 0.2) is 0 Å². The van der Waals surface area contributed by atoms with Crippen molar-refractivity contribution in [3.05, 3.63) is 52.6 Å². The Kier molecular flexibility index (Phi) is 4.89. The fourth-order valence-corrected chi connectivity index (χ4v) is 3.61. The van der Waals surface area contributed by atoms with Crippen LogP contribution in [-0.2, 0) is 29.3 Å². The summed E-state index contributed by atoms with van der Waals surface area (Å²) in [5.74, 6) is -2.18. The average molecular weight is 386 g/mol. The van der Waals surface area contributed by atoms with Gasteiger partial charge in [-0.3, -0.25) is 4.79 Å². The van der Waals surface area contributed by atoms with Gasteiger partial charge in [-0.1, -0.05) is 18.2 Å². The third kappa shape index (κ3) is 2.72. The molecule has 0 bridgehead atoms. The van der Waals surface area contributed by atoms with Gasteiger partial charge in [-0.25, -0.2) is 9.59 Å². The molecule has 1 amide bonds. The minimum atomic E-state index is -1.82. The topological polar surface area (TPSA) is 117 Å². The molecule has 2 heterocycles. The van der Waals surface area contributed by atoms with E-state index in [1.165, 1.54) is 0 Å². The molecule has 0 saturated heterocycles. The van der Waals surface area contributed by atoms with Crippen molar-refractivity contribution in [3.63, 3.8) is 0 Å². The third-order valence-electron chi connectivity index (χ3n) is 4.55. The van der Waals surface area contributed by atoms with E-state index in [9.17, 15) is 14.4 Å². The summed E-state index contributed by atoms with van der Waals surface area (Å²) in [6.45, 7) is 6.66. The first-order valence-electron chi connectivity index (χ1n) is 8.93. The molecule has 1 aromatic rings. The Morgan fingerprint density at radius 3 is 2.54 bits per heavy atom. The van der Waals surface area contributed by atoms with E-state index in [1.807, 2.05) is 0 Å². The lowest BCUT2D eigenvalue weighted by Crippen LogP contribution is -2.49. The van der Waals surface area contributed by atoms with Crippen LogP contribution in [0.1, 0.15) is 33.3 Å². The van der Waals surface area contributed by atoms with Crippen LogP contribution in [0.25, 0.3) is 0 Å². The second-order valence-electron chi connectivity index (χ2n) is 6.72. The first kappa shape index (κ1) is 19.5. The zero-order valence-electron chi connectivity index (χ0n) is 16.1. The number of ether oxygens (including phenoxy) is 3. The summed E-state index contributed by atoms with van der Waals surface area (Å²) in [6.07, 6.45) is -0.470. The number of hydrogen-bond acceptors (Lipinski definition) is 7. The normalized spacial score (nSPS) is 20.8. The summed E-state index contributed by atoms with van der Waals surface area (Å²) in [5, 5.41) is 2.65. The standard InChI is InChI=1S/C20H22N2O6/c1-5-26-17(23)14-11(4)22-19(25)20(14)12-8-6-7-9-13(12)28-16(21)15(20)18(24)27-10(2)3/h6-10H,5,21H2,1-4H3,(H,22,25)/t20-/m0/s1. The second-order valence-corrected chi connectivity index (χ2v) is 6.72. The Hall–Kier alpha value is -3.29. The van der Waals surface area contributed by atoms with Crippen LogP contribution >= 0.6 is 0 Å². The van der Waals surface area contributed by atoms with E-state index < -0.39 is 29.4 Å². The number of fused-ring (bicyclic) bond motifs is 2. The maximum Gasteiger partial charge on any atom is 0.341 e. The van der Waals surface area contributed by atoms with E-state index in [1.54, 1.807) is 52.0 Å². The fraction of sp³-hybridized carbons (Fsp3) is 0.350. The van der Waals surface area contributed by atoms with Gasteiger partial charge in [0.2, 0.25) is 11.8 Å². The van der Waals surface area contributed by atoms with Crippen molar-refractivity contribution in [2.24, 2.45) is 5.73 Å². The molecule has 28 heavy (non-hydrogen) atoms. The van der Waals surface area contributed by atoms with Crippen molar-refractivity contribution in [1.29, 1.82) is 0 Å². The predicted molar refractivity (Wildman–Crippen MR) is 98.7 cm³/mol. The lowest BCUT2D eigenvalue weighted by Gasteiger charge is -2.36. The molecule has 3 N–H and O–H groups in total. The molecule has 8 heteroatoms. The first-order valence-corrected chi connectivity index (χ1v) is 8.93. The summed E-state index contributed by atoms with van der Waals surface area (Å²) in [6, 6.07) is 6.60. The zero-order valence-corrected chi connectivity index (χ0v) is 16.1. The molecular weight excluding hydrogens is 364 g/mol. The highest BCUT2D eigenvalue weighted by Crippen LogP contribution is 2.51. The number of allylic oxidation sites excluding steroid dienone is 1. The number of carbonyl (C=O) groups is 3. The van der Waals surface area contributed by atoms with Gasteiger partial charge in [-0.15, -0.1) is 0 Å². The average Bonchev–Trinajstić information content (AvgIpc) is 2.85. The SMILES string of the molecule is CCOC(=O)C1=C(C)NC(=O)[C@]12C(C(=O)OC(C)C)=C(N)Oc1ccccc12. The maximum atomic E-state index is 13.3. The number of benzene rings is 1. The van der Waals surface area contributed by atoms with Crippen LogP contribution in [0.3, 0.4) is 0 Å². The summed E-state index contributed by atoms with van der Waals surface area (Å²) in [7, 11) is 0. The number of rotatable bonds is 4. The highest BCUT2D eigenvalue weighted by Gasteiger charge is 2.61. The Morgan fingerprint density at radius 2 is 1.89 bits per heavy atom. The van der Waals surface area contributed by atoms with Gasteiger partial charge in [0.25, 0.3) is 0 Å². The van der Waals surface area contributed by atoms with E-state index in [0.29, 0.717) is 5.56 Å². The minimum Gasteiger partial charge on any atom is -0.463 e. The van der Waals surface area contributed by atoms with Crippen LogP contribution in [-0.4, -0.2) is 30.6 Å². The van der Waals surface area contributed by atoms with Crippen molar-refractivity contribution in [2.75, 3.05) is 6.61 Å². The Bertz CT molecular complexity index is 930. The fourth-order valence-electron chi connectivity index (χ4n) is 3.61. The van der Waals surface area contributed by atoms with Crippen molar-refractivity contribution in [3.8, 4) is 5.75 Å². The Morgan fingerprint density at radius 1 is 1.21 bits per heavy atom. The molecule has 1 atom stereocenters. The van der Waals surface area contributed by atoms with Crippen LogP contribution in [0.4, 0.5) is 0 Å². The largest absolute Gasteiger partial charge is 0.463 e. The van der Waals surface area contributed by atoms with Crippen molar-refractivity contribution in [1.82, 2.24) is 5.32 Å². The number of nitrogens with one attached hydrogen (secondary N) is 1. The van der Waals surface area contributed by atoms with Crippen LogP contribution in [0, 0.1) is 0 Å². The lowest BCUT2D eigenvalue weighted by atomic mass is 9.67. The van der Waals surface area contributed by atoms with E-state index in [0.717, 1.165) is 0 Å². The van der Waals surface area contributed by atoms with Gasteiger partial charge < -0.3 is 25.3 Å². The quantitative estimate of drug-likeness (QED) is 0.751. The minimum absolute atomic E-state index is 0.00578. The van der Waals surface area contributed by atoms with E-state index in [2.05, 4.69) is 5.32 Å². The molecule has 1 spiro atoms.